The molecule has 0 radical (unpaired) electrons. The fourth-order valence-corrected chi connectivity index (χ4v) is 9.92. The maximum Gasteiger partial charge on any atom is 0.530 e. The first-order valence-electron chi connectivity index (χ1n) is 24.4. The SMILES string of the molecule is Cc1ccc(C(C)C)c(OP(Oc2cc(C)ccc2C(C)C)Oc2cc(C)ccc2C(C)C)c1.Cc1ccc(C(C)C)c(OP(Oc2cc(C)ccc2C(C)C)Oc2cc(C)ccc2C(C)C)c1.[Ni]. The number of aryl methyl sites for hydroxylation is 6. The number of benzene rings is 6. The van der Waals surface area contributed by atoms with Crippen molar-refractivity contribution in [2.75, 3.05) is 0 Å². The minimum absolute atomic E-state index is 0. The van der Waals surface area contributed by atoms with Crippen molar-refractivity contribution in [1.29, 1.82) is 0 Å². The summed E-state index contributed by atoms with van der Waals surface area (Å²) in [5.41, 5.74) is 13.7. The van der Waals surface area contributed by atoms with Crippen molar-refractivity contribution < 1.29 is 43.6 Å². The average molecular weight is 1020 g/mol. The molecule has 0 aliphatic heterocycles. The van der Waals surface area contributed by atoms with Crippen LogP contribution in [0.25, 0.3) is 0 Å². The van der Waals surface area contributed by atoms with Crippen LogP contribution in [0.3, 0.4) is 0 Å². The largest absolute Gasteiger partial charge is 0.530 e. The molecule has 0 bridgehead atoms. The van der Waals surface area contributed by atoms with E-state index in [0.717, 1.165) is 101 Å². The Kier molecular flexibility index (Phi) is 21.6. The van der Waals surface area contributed by atoms with E-state index in [1.165, 1.54) is 0 Å². The summed E-state index contributed by atoms with van der Waals surface area (Å²) in [5, 5.41) is 0. The molecule has 0 heterocycles. The van der Waals surface area contributed by atoms with Gasteiger partial charge in [-0.15, -0.1) is 0 Å². The molecule has 6 aromatic carbocycles. The van der Waals surface area contributed by atoms with Gasteiger partial charge in [-0.2, -0.15) is 0 Å². The van der Waals surface area contributed by atoms with E-state index < -0.39 is 17.2 Å². The molecule has 374 valence electrons. The van der Waals surface area contributed by atoms with Gasteiger partial charge in [-0.1, -0.05) is 156 Å². The molecule has 0 spiro atoms. The minimum atomic E-state index is -1.75. The van der Waals surface area contributed by atoms with Gasteiger partial charge in [0.2, 0.25) is 0 Å². The summed E-state index contributed by atoms with van der Waals surface area (Å²) in [6.45, 7) is 38.6. The van der Waals surface area contributed by atoms with Crippen molar-refractivity contribution in [3.8, 4) is 34.5 Å². The Bertz CT molecular complexity index is 2140. The van der Waals surface area contributed by atoms with Crippen LogP contribution in [0.4, 0.5) is 0 Å². The summed E-state index contributed by atoms with van der Waals surface area (Å²) in [4.78, 5) is 0. The summed E-state index contributed by atoms with van der Waals surface area (Å²) in [6, 6.07) is 38.1. The van der Waals surface area contributed by atoms with Gasteiger partial charge in [0.15, 0.2) is 0 Å². The maximum absolute atomic E-state index is 6.57. The molecule has 0 N–H and O–H groups in total. The minimum Gasteiger partial charge on any atom is -0.408 e. The molecule has 6 nitrogen and oxygen atoms in total. The van der Waals surface area contributed by atoms with Crippen molar-refractivity contribution in [1.82, 2.24) is 0 Å². The van der Waals surface area contributed by atoms with Gasteiger partial charge in [-0.25, -0.2) is 0 Å². The smallest absolute Gasteiger partial charge is 0.408 e. The molecule has 6 aromatic rings. The van der Waals surface area contributed by atoms with Crippen LogP contribution in [0, 0.1) is 41.5 Å². The van der Waals surface area contributed by atoms with E-state index >= 15 is 0 Å². The maximum atomic E-state index is 6.57. The standard InChI is InChI=1S/2C30H39O3P.Ni/c2*1-19(2)25-13-10-22(7)16-28(25)31-34(32-29-17-23(8)11-14-26(29)20(3)4)33-30-18-24(9)12-15-27(30)21(5)6;/h2*10-21H,1-9H3;. The fraction of sp³-hybridized carbons (Fsp3) is 0.400. The van der Waals surface area contributed by atoms with Gasteiger partial charge in [0.05, 0.1) is 0 Å². The van der Waals surface area contributed by atoms with Gasteiger partial charge in [0.1, 0.15) is 34.5 Å². The molecule has 0 saturated carbocycles. The zero-order chi connectivity index (χ0) is 50.0. The van der Waals surface area contributed by atoms with Crippen molar-refractivity contribution >= 4 is 17.2 Å². The van der Waals surface area contributed by atoms with E-state index in [1.807, 2.05) is 0 Å². The monoisotopic (exact) mass is 1010 g/mol. The predicted octanol–water partition coefficient (Wildman–Crippen LogP) is 19.5. The molecule has 0 saturated heterocycles. The summed E-state index contributed by atoms with van der Waals surface area (Å²) in [7, 11) is -3.50. The molecule has 9 heteroatoms. The second-order valence-corrected chi connectivity index (χ2v) is 22.2. The normalized spacial score (nSPS) is 11.4. The molecule has 0 aliphatic rings. The Morgan fingerprint density at radius 1 is 0.246 bits per heavy atom. The number of hydrogen-bond acceptors (Lipinski definition) is 6. The molecular formula is C60H78NiO6P2. The predicted molar refractivity (Wildman–Crippen MR) is 289 cm³/mol. The van der Waals surface area contributed by atoms with E-state index in [-0.39, 0.29) is 16.5 Å². The Balaban J connectivity index is 0.000000296. The third-order valence-corrected chi connectivity index (χ3v) is 13.9. The van der Waals surface area contributed by atoms with Gasteiger partial charge in [0.25, 0.3) is 0 Å². The Labute approximate surface area is 429 Å². The second-order valence-electron chi connectivity index (χ2n) is 20.2. The number of hydrogen-bond donors (Lipinski definition) is 0. The van der Waals surface area contributed by atoms with Crippen LogP contribution in [0.5, 0.6) is 34.5 Å². The van der Waals surface area contributed by atoms with E-state index in [4.69, 9.17) is 27.1 Å². The Morgan fingerprint density at radius 3 is 0.493 bits per heavy atom. The average Bonchev–Trinajstić information content (AvgIpc) is 3.23. The first-order chi connectivity index (χ1) is 32.1. The zero-order valence-corrected chi connectivity index (χ0v) is 47.3. The zero-order valence-electron chi connectivity index (χ0n) is 44.5. The Hall–Kier alpha value is -4.53. The topological polar surface area (TPSA) is 55.4 Å². The first kappa shape index (κ1) is 57.1. The van der Waals surface area contributed by atoms with E-state index in [0.29, 0.717) is 35.5 Å². The molecule has 0 aromatic heterocycles. The van der Waals surface area contributed by atoms with E-state index in [9.17, 15) is 0 Å². The molecular weight excluding hydrogens is 937 g/mol. The molecule has 0 atom stereocenters. The third-order valence-electron chi connectivity index (χ3n) is 11.8. The number of rotatable bonds is 18. The summed E-state index contributed by atoms with van der Waals surface area (Å²) < 4.78 is 39.4. The van der Waals surface area contributed by atoms with Gasteiger partial charge in [0, 0.05) is 16.5 Å². The molecule has 0 unspecified atom stereocenters. The molecule has 0 amide bonds. The van der Waals surface area contributed by atoms with Crippen molar-refractivity contribution in [2.24, 2.45) is 0 Å². The first-order valence-corrected chi connectivity index (χ1v) is 26.6. The van der Waals surface area contributed by atoms with Gasteiger partial charge < -0.3 is 27.1 Å². The van der Waals surface area contributed by atoms with Gasteiger partial charge in [-0.05, 0) is 180 Å². The van der Waals surface area contributed by atoms with Crippen LogP contribution in [0.1, 0.15) is 185 Å². The van der Waals surface area contributed by atoms with Crippen LogP contribution in [-0.2, 0) is 16.5 Å². The fourth-order valence-electron chi connectivity index (χ4n) is 7.78. The summed E-state index contributed by atoms with van der Waals surface area (Å²) in [6.07, 6.45) is 0. The molecule has 0 aliphatic carbocycles. The van der Waals surface area contributed by atoms with Crippen LogP contribution in [0.2, 0.25) is 0 Å². The second kappa shape index (κ2) is 26.1. The Morgan fingerprint density at radius 2 is 0.377 bits per heavy atom. The van der Waals surface area contributed by atoms with Crippen molar-refractivity contribution in [3.63, 3.8) is 0 Å². The summed E-state index contributed by atoms with van der Waals surface area (Å²) in [5.74, 6) is 6.84. The van der Waals surface area contributed by atoms with Crippen molar-refractivity contribution in [3.05, 3.63) is 176 Å². The van der Waals surface area contributed by atoms with Crippen LogP contribution < -0.4 is 27.1 Å². The quantitative estimate of drug-likeness (QED) is 0.0632. The van der Waals surface area contributed by atoms with Crippen LogP contribution in [0.15, 0.2) is 109 Å². The summed E-state index contributed by atoms with van der Waals surface area (Å²) >= 11 is 0. The van der Waals surface area contributed by atoms with Gasteiger partial charge in [-0.3, -0.25) is 0 Å². The third kappa shape index (κ3) is 16.3. The van der Waals surface area contributed by atoms with E-state index in [2.05, 4.69) is 234 Å². The molecule has 6 rings (SSSR count). The van der Waals surface area contributed by atoms with Crippen molar-refractivity contribution in [2.45, 2.75) is 160 Å². The molecule has 69 heavy (non-hydrogen) atoms. The van der Waals surface area contributed by atoms with E-state index in [1.54, 1.807) is 0 Å². The van der Waals surface area contributed by atoms with Crippen LogP contribution in [-0.4, -0.2) is 0 Å². The van der Waals surface area contributed by atoms with Crippen LogP contribution >= 0.6 is 17.2 Å². The molecule has 0 fully saturated rings. The van der Waals surface area contributed by atoms with Gasteiger partial charge >= 0.3 is 17.2 Å².